The summed E-state index contributed by atoms with van der Waals surface area (Å²) in [7, 11) is -3.95. The molecule has 31 heavy (non-hydrogen) atoms. The van der Waals surface area contributed by atoms with Crippen LogP contribution >= 0.6 is 23.2 Å². The Morgan fingerprint density at radius 3 is 2.23 bits per heavy atom. The van der Waals surface area contributed by atoms with Gasteiger partial charge in [-0.25, -0.2) is 8.42 Å². The van der Waals surface area contributed by atoms with E-state index >= 15 is 0 Å². The predicted molar refractivity (Wildman–Crippen MR) is 127 cm³/mol. The third-order valence-electron chi connectivity index (χ3n) is 4.99. The van der Waals surface area contributed by atoms with Gasteiger partial charge in [-0.2, -0.15) is 4.31 Å². The van der Waals surface area contributed by atoms with Crippen LogP contribution in [-0.4, -0.2) is 31.2 Å². The van der Waals surface area contributed by atoms with Crippen LogP contribution in [0.2, 0.25) is 10.0 Å². The Labute approximate surface area is 195 Å². The molecule has 2 aromatic carbocycles. The highest BCUT2D eigenvalue weighted by Crippen LogP contribution is 2.28. The molecule has 2 rings (SSSR count). The minimum Gasteiger partial charge on any atom is -0.353 e. The number of carbonyl (C=O) groups excluding carboxylic acids is 1. The van der Waals surface area contributed by atoms with Gasteiger partial charge >= 0.3 is 0 Å². The molecule has 170 valence electrons. The highest BCUT2D eigenvalue weighted by molar-refractivity contribution is 7.89. The van der Waals surface area contributed by atoms with Crippen LogP contribution in [0.1, 0.15) is 48.9 Å². The summed E-state index contributed by atoms with van der Waals surface area (Å²) in [5.41, 5.74) is 2.93. The molecule has 1 N–H and O–H groups in total. The molecule has 2 aromatic rings. The summed E-state index contributed by atoms with van der Waals surface area (Å²) in [6, 6.07) is 8.59. The van der Waals surface area contributed by atoms with E-state index in [1.54, 1.807) is 32.0 Å². The summed E-state index contributed by atoms with van der Waals surface area (Å²) in [5, 5.41) is 3.61. The number of halogens is 2. The first-order valence-electron chi connectivity index (χ1n) is 10.3. The summed E-state index contributed by atoms with van der Waals surface area (Å²) in [6.45, 7) is 9.12. The van der Waals surface area contributed by atoms with Crippen molar-refractivity contribution in [2.24, 2.45) is 0 Å². The van der Waals surface area contributed by atoms with Gasteiger partial charge in [0, 0.05) is 12.6 Å². The number of carbonyl (C=O) groups is 1. The molecule has 0 spiro atoms. The van der Waals surface area contributed by atoms with Gasteiger partial charge in [0.25, 0.3) is 0 Å². The molecule has 0 aliphatic carbocycles. The number of amides is 1. The third kappa shape index (κ3) is 6.69. The van der Waals surface area contributed by atoms with Crippen molar-refractivity contribution in [3.63, 3.8) is 0 Å². The Hall–Kier alpha value is -1.60. The first-order chi connectivity index (χ1) is 14.4. The number of nitrogens with zero attached hydrogens (tertiary/aromatic N) is 1. The highest BCUT2D eigenvalue weighted by atomic mass is 35.5. The van der Waals surface area contributed by atoms with E-state index in [1.807, 2.05) is 32.9 Å². The average molecular weight is 485 g/mol. The molecule has 0 saturated carbocycles. The summed E-state index contributed by atoms with van der Waals surface area (Å²) in [4.78, 5) is 12.9. The van der Waals surface area contributed by atoms with Crippen LogP contribution in [0, 0.1) is 20.8 Å². The molecule has 1 atom stereocenters. The Balaban J connectivity index is 2.45. The van der Waals surface area contributed by atoms with Crippen molar-refractivity contribution in [2.75, 3.05) is 6.54 Å². The second-order valence-electron chi connectivity index (χ2n) is 8.01. The fourth-order valence-corrected chi connectivity index (χ4v) is 5.87. The summed E-state index contributed by atoms with van der Waals surface area (Å²) in [6.07, 6.45) is 1.75. The number of sulfonamides is 1. The maximum absolute atomic E-state index is 13.7. The molecule has 0 fully saturated rings. The van der Waals surface area contributed by atoms with Gasteiger partial charge in [-0.1, -0.05) is 60.3 Å². The number of aryl methyl sites for hydroxylation is 3. The van der Waals surface area contributed by atoms with Crippen molar-refractivity contribution in [1.29, 1.82) is 0 Å². The van der Waals surface area contributed by atoms with E-state index in [2.05, 4.69) is 5.32 Å². The highest BCUT2D eigenvalue weighted by Gasteiger charge is 2.30. The van der Waals surface area contributed by atoms with Crippen molar-refractivity contribution in [3.05, 3.63) is 62.6 Å². The van der Waals surface area contributed by atoms with E-state index in [4.69, 9.17) is 23.2 Å². The molecule has 0 radical (unpaired) electrons. The minimum atomic E-state index is -3.95. The quantitative estimate of drug-likeness (QED) is 0.516. The Bertz CT molecular complexity index is 1030. The summed E-state index contributed by atoms with van der Waals surface area (Å²) in [5.74, 6) is -0.341. The van der Waals surface area contributed by atoms with E-state index in [0.29, 0.717) is 26.7 Å². The van der Waals surface area contributed by atoms with E-state index in [1.165, 1.54) is 4.31 Å². The minimum absolute atomic E-state index is 0.00155. The van der Waals surface area contributed by atoms with Gasteiger partial charge < -0.3 is 5.32 Å². The van der Waals surface area contributed by atoms with E-state index in [-0.39, 0.29) is 29.9 Å². The van der Waals surface area contributed by atoms with Crippen molar-refractivity contribution < 1.29 is 13.2 Å². The summed E-state index contributed by atoms with van der Waals surface area (Å²) >= 11 is 12.1. The first kappa shape index (κ1) is 25.7. The fourth-order valence-electron chi connectivity index (χ4n) is 3.76. The Morgan fingerprint density at radius 1 is 1.06 bits per heavy atom. The number of hydrogen-bond donors (Lipinski definition) is 1. The molecule has 0 aliphatic rings. The lowest BCUT2D eigenvalue weighted by Gasteiger charge is -2.25. The predicted octanol–water partition coefficient (Wildman–Crippen LogP) is 5.41. The second-order valence-corrected chi connectivity index (χ2v) is 10.7. The normalized spacial score (nSPS) is 12.8. The number of hydrogen-bond acceptors (Lipinski definition) is 3. The molecular weight excluding hydrogens is 455 g/mol. The smallest absolute Gasteiger partial charge is 0.244 e. The van der Waals surface area contributed by atoms with E-state index in [0.717, 1.165) is 18.4 Å². The maximum Gasteiger partial charge on any atom is 0.244 e. The van der Waals surface area contributed by atoms with E-state index in [9.17, 15) is 13.2 Å². The average Bonchev–Trinajstić information content (AvgIpc) is 2.63. The van der Waals surface area contributed by atoms with Crippen LogP contribution in [0.4, 0.5) is 0 Å². The molecule has 1 amide bonds. The number of benzene rings is 2. The number of rotatable bonds is 9. The zero-order valence-electron chi connectivity index (χ0n) is 18.6. The molecule has 0 aliphatic heterocycles. The standard InChI is InChI=1S/C23H30Cl2N2O3S/c1-6-7-18(5)26-22(28)14-27(13-19-8-9-20(24)21(25)12-19)31(29,30)23-16(3)10-15(2)11-17(23)4/h8-12,18H,6-7,13-14H2,1-5H3,(H,26,28)/t18-/m0/s1. The lowest BCUT2D eigenvalue weighted by atomic mass is 10.1. The van der Waals surface area contributed by atoms with Gasteiger partial charge in [0.05, 0.1) is 21.5 Å². The largest absolute Gasteiger partial charge is 0.353 e. The molecule has 8 heteroatoms. The molecule has 0 unspecified atom stereocenters. The van der Waals surface area contributed by atoms with Crippen LogP contribution in [0.3, 0.4) is 0 Å². The second kappa shape index (κ2) is 10.8. The molecule has 0 heterocycles. The first-order valence-corrected chi connectivity index (χ1v) is 12.5. The monoisotopic (exact) mass is 484 g/mol. The van der Waals surface area contributed by atoms with Gasteiger partial charge in [0.15, 0.2) is 0 Å². The molecular formula is C23H30Cl2N2O3S. The van der Waals surface area contributed by atoms with Crippen LogP contribution in [0.25, 0.3) is 0 Å². The number of nitrogens with one attached hydrogen (secondary N) is 1. The SMILES string of the molecule is CCC[C@H](C)NC(=O)CN(Cc1ccc(Cl)c(Cl)c1)S(=O)(=O)c1c(C)cc(C)cc1C. The van der Waals surface area contributed by atoms with Crippen molar-refractivity contribution >= 4 is 39.1 Å². The molecule has 0 bridgehead atoms. The third-order valence-corrected chi connectivity index (χ3v) is 7.83. The fraction of sp³-hybridized carbons (Fsp3) is 0.435. The van der Waals surface area contributed by atoms with Crippen molar-refractivity contribution in [2.45, 2.75) is 64.9 Å². The molecule has 5 nitrogen and oxygen atoms in total. The zero-order chi connectivity index (χ0) is 23.3. The van der Waals surface area contributed by atoms with Gasteiger partial charge in [0.2, 0.25) is 15.9 Å². The van der Waals surface area contributed by atoms with Gasteiger partial charge in [-0.3, -0.25) is 4.79 Å². The van der Waals surface area contributed by atoms with Crippen LogP contribution in [0.5, 0.6) is 0 Å². The summed E-state index contributed by atoms with van der Waals surface area (Å²) < 4.78 is 28.6. The van der Waals surface area contributed by atoms with Crippen molar-refractivity contribution in [3.8, 4) is 0 Å². The topological polar surface area (TPSA) is 66.5 Å². The lowest BCUT2D eigenvalue weighted by Crippen LogP contribution is -2.43. The van der Waals surface area contributed by atoms with Gasteiger partial charge in [-0.15, -0.1) is 0 Å². The Kier molecular flexibility index (Phi) is 8.95. The van der Waals surface area contributed by atoms with E-state index < -0.39 is 10.0 Å². The van der Waals surface area contributed by atoms with Crippen LogP contribution in [0.15, 0.2) is 35.2 Å². The maximum atomic E-state index is 13.7. The van der Waals surface area contributed by atoms with Crippen molar-refractivity contribution in [1.82, 2.24) is 9.62 Å². The van der Waals surface area contributed by atoms with Crippen LogP contribution in [-0.2, 0) is 21.4 Å². The Morgan fingerprint density at radius 2 is 1.68 bits per heavy atom. The van der Waals surface area contributed by atoms with Gasteiger partial charge in [0.1, 0.15) is 0 Å². The van der Waals surface area contributed by atoms with Crippen LogP contribution < -0.4 is 5.32 Å². The lowest BCUT2D eigenvalue weighted by molar-refractivity contribution is -0.122. The molecule has 0 saturated heterocycles. The molecule has 0 aromatic heterocycles. The zero-order valence-corrected chi connectivity index (χ0v) is 21.0. The van der Waals surface area contributed by atoms with Gasteiger partial charge in [-0.05, 0) is 62.9 Å².